The van der Waals surface area contributed by atoms with Crippen molar-refractivity contribution in [2.75, 3.05) is 5.01 Å². The normalized spacial score (nSPS) is 25.2. The lowest BCUT2D eigenvalue weighted by Gasteiger charge is -2.36. The molecule has 1 amide bonds. The molecule has 1 aromatic rings. The minimum atomic E-state index is -5.23. The summed E-state index contributed by atoms with van der Waals surface area (Å²) in [5, 5.41) is 14.2. The Balaban J connectivity index is 2.01. The topological polar surface area (TPSA) is 52.9 Å². The highest BCUT2D eigenvalue weighted by molar-refractivity contribution is 6.08. The number of nitrogens with zero attached hydrogens (tertiary/aromatic N) is 2. The Morgan fingerprint density at radius 2 is 1.64 bits per heavy atom. The van der Waals surface area contributed by atoms with Crippen LogP contribution in [0.5, 0.6) is 0 Å². The number of hydrazone groups is 1. The summed E-state index contributed by atoms with van der Waals surface area (Å²) in [4.78, 5) is 12.2. The maximum Gasteiger partial charge on any atom is 0.426 e. The first-order valence-corrected chi connectivity index (χ1v) is 7.32. The van der Waals surface area contributed by atoms with Crippen LogP contribution in [0.15, 0.2) is 29.4 Å². The van der Waals surface area contributed by atoms with E-state index in [9.17, 15) is 36.2 Å². The summed E-state index contributed by atoms with van der Waals surface area (Å²) in [6, 6.07) is 2.96. The summed E-state index contributed by atoms with van der Waals surface area (Å²) in [6.07, 6.45) is -9.65. The van der Waals surface area contributed by atoms with Crippen molar-refractivity contribution in [1.82, 2.24) is 0 Å². The van der Waals surface area contributed by atoms with Crippen molar-refractivity contribution in [2.24, 2.45) is 11.0 Å². The van der Waals surface area contributed by atoms with E-state index in [2.05, 4.69) is 5.10 Å². The Hall–Kier alpha value is -2.10. The smallest absolute Gasteiger partial charge is 0.372 e. The molecule has 0 aromatic heterocycles. The number of amides is 1. The SMILES string of the molecule is O=C1N(c2ccc(C(F)(F)F)cc2)N=C(C2CC2)CC1(O)C(F)(F)F. The predicted octanol–water partition coefficient (Wildman–Crippen LogP) is 3.50. The van der Waals surface area contributed by atoms with Gasteiger partial charge in [0.2, 0.25) is 5.60 Å². The lowest BCUT2D eigenvalue weighted by Crippen LogP contribution is -2.61. The largest absolute Gasteiger partial charge is 0.426 e. The van der Waals surface area contributed by atoms with Gasteiger partial charge in [0.15, 0.2) is 0 Å². The molecule has 10 heteroatoms. The Morgan fingerprint density at radius 1 is 1.08 bits per heavy atom. The number of benzene rings is 1. The van der Waals surface area contributed by atoms with Crippen LogP contribution in [-0.2, 0) is 11.0 Å². The average Bonchev–Trinajstić information content (AvgIpc) is 3.33. The summed E-state index contributed by atoms with van der Waals surface area (Å²) in [7, 11) is 0. The molecule has 136 valence electrons. The zero-order chi connectivity index (χ0) is 18.6. The highest BCUT2D eigenvalue weighted by atomic mass is 19.4. The highest BCUT2D eigenvalue weighted by Crippen LogP contribution is 2.43. The lowest BCUT2D eigenvalue weighted by molar-refractivity contribution is -0.248. The van der Waals surface area contributed by atoms with Gasteiger partial charge in [0.05, 0.1) is 11.3 Å². The van der Waals surface area contributed by atoms with Gasteiger partial charge in [0, 0.05) is 12.1 Å². The van der Waals surface area contributed by atoms with Crippen molar-refractivity contribution in [1.29, 1.82) is 0 Å². The van der Waals surface area contributed by atoms with Crippen molar-refractivity contribution in [3.05, 3.63) is 29.8 Å². The van der Waals surface area contributed by atoms with Gasteiger partial charge in [0.25, 0.3) is 5.91 Å². The van der Waals surface area contributed by atoms with Gasteiger partial charge in [-0.1, -0.05) is 0 Å². The summed E-state index contributed by atoms with van der Waals surface area (Å²) in [5.41, 5.74) is -4.92. The average molecular weight is 366 g/mol. The summed E-state index contributed by atoms with van der Waals surface area (Å²) in [5.74, 6) is -2.00. The monoisotopic (exact) mass is 366 g/mol. The molecule has 1 aliphatic heterocycles. The molecule has 1 heterocycles. The molecule has 1 saturated carbocycles. The van der Waals surface area contributed by atoms with Crippen LogP contribution in [0.4, 0.5) is 32.0 Å². The zero-order valence-electron chi connectivity index (χ0n) is 12.5. The van der Waals surface area contributed by atoms with Crippen molar-refractivity contribution in [3.63, 3.8) is 0 Å². The number of anilines is 1. The fraction of sp³-hybridized carbons (Fsp3) is 0.467. The number of alkyl halides is 6. The van der Waals surface area contributed by atoms with E-state index in [0.29, 0.717) is 30.0 Å². The van der Waals surface area contributed by atoms with Crippen molar-refractivity contribution >= 4 is 17.3 Å². The molecule has 1 aromatic carbocycles. The van der Waals surface area contributed by atoms with Crippen LogP contribution >= 0.6 is 0 Å². The maximum absolute atomic E-state index is 13.2. The van der Waals surface area contributed by atoms with E-state index in [0.717, 1.165) is 12.1 Å². The molecule has 1 unspecified atom stereocenters. The second-order valence-electron chi connectivity index (χ2n) is 6.06. The van der Waals surface area contributed by atoms with Crippen LogP contribution in [-0.4, -0.2) is 28.5 Å². The quantitative estimate of drug-likeness (QED) is 0.815. The van der Waals surface area contributed by atoms with Gasteiger partial charge in [-0.25, -0.2) is 0 Å². The fourth-order valence-corrected chi connectivity index (χ4v) is 2.55. The van der Waals surface area contributed by atoms with Crippen molar-refractivity contribution in [2.45, 2.75) is 37.2 Å². The molecule has 1 fully saturated rings. The molecular weight excluding hydrogens is 354 g/mol. The Bertz CT molecular complexity index is 721. The van der Waals surface area contributed by atoms with E-state index < -0.39 is 35.8 Å². The van der Waals surface area contributed by atoms with Gasteiger partial charge in [-0.05, 0) is 43.0 Å². The number of carbonyl (C=O) groups excluding carboxylic acids is 1. The molecule has 1 atom stereocenters. The molecule has 0 saturated heterocycles. The number of hydrogen-bond donors (Lipinski definition) is 1. The molecule has 4 nitrogen and oxygen atoms in total. The molecule has 1 N–H and O–H groups in total. The number of aliphatic hydroxyl groups is 1. The van der Waals surface area contributed by atoms with E-state index in [1.807, 2.05) is 0 Å². The number of halogens is 6. The first-order valence-electron chi connectivity index (χ1n) is 7.32. The summed E-state index contributed by atoms with van der Waals surface area (Å²) >= 11 is 0. The number of rotatable bonds is 2. The first kappa shape index (κ1) is 17.7. The highest BCUT2D eigenvalue weighted by Gasteiger charge is 2.64. The van der Waals surface area contributed by atoms with E-state index in [1.54, 1.807) is 0 Å². The van der Waals surface area contributed by atoms with Gasteiger partial charge >= 0.3 is 12.4 Å². The molecule has 3 rings (SSSR count). The molecule has 0 bridgehead atoms. The summed E-state index contributed by atoms with van der Waals surface area (Å²) < 4.78 is 77.5. The summed E-state index contributed by atoms with van der Waals surface area (Å²) in [6.45, 7) is 0. The maximum atomic E-state index is 13.2. The van der Waals surface area contributed by atoms with Crippen LogP contribution in [0.25, 0.3) is 0 Å². The van der Waals surface area contributed by atoms with E-state index >= 15 is 0 Å². The van der Waals surface area contributed by atoms with Crippen LogP contribution in [0, 0.1) is 5.92 Å². The van der Waals surface area contributed by atoms with Crippen LogP contribution in [0.2, 0.25) is 0 Å². The minimum absolute atomic E-state index is 0.0133. The Labute approximate surface area is 137 Å². The molecule has 2 aliphatic rings. The molecule has 25 heavy (non-hydrogen) atoms. The van der Waals surface area contributed by atoms with Crippen LogP contribution in [0.1, 0.15) is 24.8 Å². The van der Waals surface area contributed by atoms with Crippen molar-refractivity contribution in [3.8, 4) is 0 Å². The van der Waals surface area contributed by atoms with Gasteiger partial charge in [0.1, 0.15) is 0 Å². The van der Waals surface area contributed by atoms with Crippen LogP contribution < -0.4 is 5.01 Å². The van der Waals surface area contributed by atoms with Crippen LogP contribution in [0.3, 0.4) is 0 Å². The standard InChI is InChI=1S/C15H12F6N2O2/c16-14(17,18)9-3-5-10(6-4-9)23-12(24)13(25,15(19,20)21)7-11(22-23)8-1-2-8/h3-6,8,25H,1-2,7H2. The van der Waals surface area contributed by atoms with E-state index in [1.165, 1.54) is 0 Å². The van der Waals surface area contributed by atoms with E-state index in [4.69, 9.17) is 0 Å². The third kappa shape index (κ3) is 3.10. The number of carbonyl (C=O) groups is 1. The van der Waals surface area contributed by atoms with Crippen molar-refractivity contribution < 1.29 is 36.2 Å². The lowest BCUT2D eigenvalue weighted by atomic mass is 9.91. The Kier molecular flexibility index (Phi) is 3.86. The van der Waals surface area contributed by atoms with Gasteiger partial charge in [-0.3, -0.25) is 4.79 Å². The number of hydrogen-bond acceptors (Lipinski definition) is 3. The van der Waals surface area contributed by atoms with Gasteiger partial charge in [-0.2, -0.15) is 36.5 Å². The predicted molar refractivity (Wildman–Crippen MR) is 74.7 cm³/mol. The first-order chi connectivity index (χ1) is 11.4. The molecule has 1 aliphatic carbocycles. The second-order valence-corrected chi connectivity index (χ2v) is 6.06. The van der Waals surface area contributed by atoms with Gasteiger partial charge < -0.3 is 5.11 Å². The second kappa shape index (κ2) is 5.45. The Morgan fingerprint density at radius 3 is 2.08 bits per heavy atom. The third-order valence-electron chi connectivity index (χ3n) is 4.17. The molecular formula is C15H12F6N2O2. The van der Waals surface area contributed by atoms with E-state index in [-0.39, 0.29) is 17.3 Å². The zero-order valence-corrected chi connectivity index (χ0v) is 12.5. The molecule has 0 radical (unpaired) electrons. The minimum Gasteiger partial charge on any atom is -0.372 e. The fourth-order valence-electron chi connectivity index (χ4n) is 2.55. The molecule has 0 spiro atoms. The third-order valence-corrected chi connectivity index (χ3v) is 4.17. The van der Waals surface area contributed by atoms with Gasteiger partial charge in [-0.15, -0.1) is 0 Å².